The Labute approximate surface area is 171 Å². The first-order valence-corrected chi connectivity index (χ1v) is 9.56. The van der Waals surface area contributed by atoms with Gasteiger partial charge in [0.2, 0.25) is 0 Å². The van der Waals surface area contributed by atoms with Gasteiger partial charge in [-0.2, -0.15) is 13.2 Å². The van der Waals surface area contributed by atoms with Gasteiger partial charge in [-0.15, -0.1) is 0 Å². The van der Waals surface area contributed by atoms with Crippen LogP contribution in [-0.2, 0) is 5.41 Å². The molecular weight excluding hydrogens is 408 g/mol. The second-order valence-corrected chi connectivity index (χ2v) is 7.89. The minimum atomic E-state index is -4.42. The maximum Gasteiger partial charge on any atom is 0.400 e. The van der Waals surface area contributed by atoms with E-state index in [1.54, 1.807) is 4.90 Å². The molecule has 0 spiro atoms. The molecule has 1 atom stereocenters. The molecule has 0 bridgehead atoms. The Morgan fingerprint density at radius 3 is 2.00 bits per heavy atom. The molecule has 2 nitrogen and oxygen atoms in total. The highest BCUT2D eigenvalue weighted by atomic mass is 35.5. The summed E-state index contributed by atoms with van der Waals surface area (Å²) >= 11 is 12.0. The van der Waals surface area contributed by atoms with Crippen LogP contribution in [0, 0.1) is 0 Å². The third-order valence-electron chi connectivity index (χ3n) is 5.34. The van der Waals surface area contributed by atoms with Gasteiger partial charge in [-0.3, -0.25) is 0 Å². The number of nitrogens with zero attached hydrogens (tertiary/aromatic N) is 2. The lowest BCUT2D eigenvalue weighted by atomic mass is 9.79. The summed E-state index contributed by atoms with van der Waals surface area (Å²) in [5.41, 5.74) is -0.170. The number of hydrogen-bond acceptors (Lipinski definition) is 1. The molecule has 0 amide bonds. The number of alkyl halides is 3. The second-order valence-electron chi connectivity index (χ2n) is 7.02. The van der Waals surface area contributed by atoms with Gasteiger partial charge in [-0.1, -0.05) is 23.2 Å². The largest absolute Gasteiger partial charge is 0.400 e. The minimum Gasteiger partial charge on any atom is -0.370 e. The quantitative estimate of drug-likeness (QED) is 0.466. The number of halogens is 5. The lowest BCUT2D eigenvalue weighted by Gasteiger charge is -2.33. The first-order chi connectivity index (χ1) is 13.3. The van der Waals surface area contributed by atoms with Gasteiger partial charge in [0.05, 0.1) is 0 Å². The summed E-state index contributed by atoms with van der Waals surface area (Å²) in [6, 6.07) is 15.5. The topological polar surface area (TPSA) is 8.17 Å². The molecule has 4 rings (SSSR count). The average Bonchev–Trinajstić information content (AvgIpc) is 3.31. The van der Waals surface area contributed by atoms with Crippen LogP contribution in [0.15, 0.2) is 67.0 Å². The van der Waals surface area contributed by atoms with E-state index in [0.717, 1.165) is 11.4 Å². The lowest BCUT2D eigenvalue weighted by Crippen LogP contribution is -2.44. The fourth-order valence-electron chi connectivity index (χ4n) is 3.83. The summed E-state index contributed by atoms with van der Waals surface area (Å²) in [6.45, 7) is 0.128. The Kier molecular flexibility index (Phi) is 4.84. The molecule has 28 heavy (non-hydrogen) atoms. The Balaban J connectivity index is 1.66. The maximum atomic E-state index is 14.2. The summed E-state index contributed by atoms with van der Waals surface area (Å²) < 4.78 is 44.5. The summed E-state index contributed by atoms with van der Waals surface area (Å²) in [6.07, 6.45) is -0.627. The molecule has 0 saturated carbocycles. The van der Waals surface area contributed by atoms with Crippen LogP contribution in [0.4, 0.5) is 18.9 Å². The van der Waals surface area contributed by atoms with Crippen molar-refractivity contribution in [1.82, 2.24) is 4.57 Å². The highest BCUT2D eigenvalue weighted by molar-refractivity contribution is 6.34. The van der Waals surface area contributed by atoms with E-state index in [2.05, 4.69) is 0 Å². The third kappa shape index (κ3) is 3.38. The van der Waals surface area contributed by atoms with E-state index in [0.29, 0.717) is 6.54 Å². The lowest BCUT2D eigenvalue weighted by molar-refractivity contribution is -0.184. The molecule has 2 heterocycles. The van der Waals surface area contributed by atoms with Crippen LogP contribution in [0.3, 0.4) is 0 Å². The van der Waals surface area contributed by atoms with Crippen molar-refractivity contribution in [3.8, 4) is 5.69 Å². The van der Waals surface area contributed by atoms with E-state index in [1.165, 1.54) is 18.2 Å². The zero-order chi connectivity index (χ0) is 19.9. The number of anilines is 1. The summed E-state index contributed by atoms with van der Waals surface area (Å²) in [5, 5.41) is 0.418. The van der Waals surface area contributed by atoms with Crippen molar-refractivity contribution >= 4 is 28.9 Å². The molecule has 1 saturated heterocycles. The number of aromatic nitrogens is 1. The maximum absolute atomic E-state index is 14.2. The molecule has 0 aliphatic carbocycles. The Morgan fingerprint density at radius 2 is 1.43 bits per heavy atom. The molecule has 0 radical (unpaired) electrons. The van der Waals surface area contributed by atoms with Crippen molar-refractivity contribution in [1.29, 1.82) is 0 Å². The molecule has 146 valence electrons. The van der Waals surface area contributed by atoms with Crippen molar-refractivity contribution in [2.24, 2.45) is 0 Å². The van der Waals surface area contributed by atoms with Gasteiger partial charge in [0.1, 0.15) is 5.41 Å². The zero-order valence-corrected chi connectivity index (χ0v) is 16.3. The second kappa shape index (κ2) is 7.05. The fourth-order valence-corrected chi connectivity index (χ4v) is 4.36. The minimum absolute atomic E-state index is 0.0491. The van der Waals surface area contributed by atoms with Gasteiger partial charge in [-0.25, -0.2) is 0 Å². The first-order valence-electron chi connectivity index (χ1n) is 8.80. The van der Waals surface area contributed by atoms with E-state index >= 15 is 0 Å². The molecule has 1 aromatic heterocycles. The highest BCUT2D eigenvalue weighted by Crippen LogP contribution is 2.49. The van der Waals surface area contributed by atoms with Gasteiger partial charge in [0.25, 0.3) is 0 Å². The Hall–Kier alpha value is -2.11. The number of rotatable bonds is 3. The van der Waals surface area contributed by atoms with E-state index in [-0.39, 0.29) is 28.6 Å². The van der Waals surface area contributed by atoms with E-state index < -0.39 is 11.6 Å². The molecule has 0 N–H and O–H groups in total. The monoisotopic (exact) mass is 424 g/mol. The molecule has 1 unspecified atom stereocenters. The average molecular weight is 425 g/mol. The van der Waals surface area contributed by atoms with Gasteiger partial charge in [0, 0.05) is 46.9 Å². The molecule has 1 aliphatic heterocycles. The van der Waals surface area contributed by atoms with Crippen LogP contribution in [0.25, 0.3) is 5.69 Å². The zero-order valence-electron chi connectivity index (χ0n) is 14.8. The van der Waals surface area contributed by atoms with Crippen LogP contribution in [0.1, 0.15) is 12.0 Å². The first kappa shape index (κ1) is 19.2. The van der Waals surface area contributed by atoms with Crippen LogP contribution < -0.4 is 4.90 Å². The molecule has 2 aromatic carbocycles. The Bertz CT molecular complexity index is 948. The Morgan fingerprint density at radius 1 is 0.857 bits per heavy atom. The van der Waals surface area contributed by atoms with Crippen LogP contribution in [-0.4, -0.2) is 23.8 Å². The normalized spacial score (nSPS) is 20.0. The molecule has 3 aromatic rings. The van der Waals surface area contributed by atoms with Crippen LogP contribution in [0.2, 0.25) is 10.0 Å². The SMILES string of the molecule is FC(F)(F)C1(c2cc(Cl)cc(Cl)c2)CCN(c2ccc(-n3cccc3)cc2)C1. The smallest absolute Gasteiger partial charge is 0.370 e. The van der Waals surface area contributed by atoms with Crippen molar-refractivity contribution < 1.29 is 13.2 Å². The highest BCUT2D eigenvalue weighted by Gasteiger charge is 2.59. The standard InChI is InChI=1S/C21H17Cl2F3N2/c22-16-11-15(12-17(23)13-16)20(21(24,25)26)7-10-28(14-20)19-5-3-18(4-6-19)27-8-1-2-9-27/h1-6,8-9,11-13H,7,10,14H2. The van der Waals surface area contributed by atoms with Crippen LogP contribution >= 0.6 is 23.2 Å². The van der Waals surface area contributed by atoms with E-state index in [4.69, 9.17) is 23.2 Å². The molecule has 1 aliphatic rings. The number of benzene rings is 2. The van der Waals surface area contributed by atoms with Crippen molar-refractivity contribution in [3.05, 3.63) is 82.6 Å². The van der Waals surface area contributed by atoms with Crippen LogP contribution in [0.5, 0.6) is 0 Å². The number of hydrogen-bond donors (Lipinski definition) is 0. The van der Waals surface area contributed by atoms with Gasteiger partial charge in [-0.05, 0) is 66.6 Å². The third-order valence-corrected chi connectivity index (χ3v) is 5.78. The summed E-state index contributed by atoms with van der Waals surface area (Å²) in [5.74, 6) is 0. The van der Waals surface area contributed by atoms with Gasteiger partial charge in [0.15, 0.2) is 0 Å². The predicted molar refractivity (Wildman–Crippen MR) is 107 cm³/mol. The van der Waals surface area contributed by atoms with Crippen molar-refractivity contribution in [2.75, 3.05) is 18.0 Å². The molecular formula is C21H17Cl2F3N2. The molecule has 7 heteroatoms. The van der Waals surface area contributed by atoms with Gasteiger partial charge >= 0.3 is 6.18 Å². The fraction of sp³-hybridized carbons (Fsp3) is 0.238. The van der Waals surface area contributed by atoms with Gasteiger partial charge < -0.3 is 9.47 Å². The predicted octanol–water partition coefficient (Wildman–Crippen LogP) is 6.49. The van der Waals surface area contributed by atoms with Crippen molar-refractivity contribution in [3.63, 3.8) is 0 Å². The molecule has 1 fully saturated rings. The van der Waals surface area contributed by atoms with E-state index in [1.807, 2.05) is 53.4 Å². The van der Waals surface area contributed by atoms with Crippen molar-refractivity contribution in [2.45, 2.75) is 18.0 Å². The summed E-state index contributed by atoms with van der Waals surface area (Å²) in [7, 11) is 0. The summed E-state index contributed by atoms with van der Waals surface area (Å²) in [4.78, 5) is 1.77. The van der Waals surface area contributed by atoms with E-state index in [9.17, 15) is 13.2 Å².